The third-order valence-electron chi connectivity index (χ3n) is 4.28. The molecule has 0 bridgehead atoms. The van der Waals surface area contributed by atoms with Gasteiger partial charge in [0.1, 0.15) is 11.5 Å². The SMILES string of the molecule is O=C(NCc1ccc(-c2cccc(Cl)c2)o1)C1CCC(O)CC1. The van der Waals surface area contributed by atoms with Crippen LogP contribution in [0.3, 0.4) is 0 Å². The number of hydrogen-bond donors (Lipinski definition) is 2. The Labute approximate surface area is 140 Å². The number of nitrogens with one attached hydrogen (secondary N) is 1. The topological polar surface area (TPSA) is 62.5 Å². The Morgan fingerprint density at radius 3 is 2.74 bits per heavy atom. The highest BCUT2D eigenvalue weighted by atomic mass is 35.5. The first-order chi connectivity index (χ1) is 11.1. The van der Waals surface area contributed by atoms with Gasteiger partial charge >= 0.3 is 0 Å². The van der Waals surface area contributed by atoms with Crippen molar-refractivity contribution >= 4 is 17.5 Å². The van der Waals surface area contributed by atoms with Crippen LogP contribution in [-0.2, 0) is 11.3 Å². The van der Waals surface area contributed by atoms with Gasteiger partial charge in [-0.1, -0.05) is 23.7 Å². The fraction of sp³-hybridized carbons (Fsp3) is 0.389. The molecular weight excluding hydrogens is 314 g/mol. The lowest BCUT2D eigenvalue weighted by atomic mass is 9.87. The third kappa shape index (κ3) is 4.15. The van der Waals surface area contributed by atoms with Crippen molar-refractivity contribution in [2.75, 3.05) is 0 Å². The minimum atomic E-state index is -0.246. The number of rotatable bonds is 4. The maximum absolute atomic E-state index is 12.1. The lowest BCUT2D eigenvalue weighted by Gasteiger charge is -2.24. The molecule has 1 saturated carbocycles. The molecule has 4 nitrogen and oxygen atoms in total. The molecule has 0 unspecified atom stereocenters. The van der Waals surface area contributed by atoms with Crippen molar-refractivity contribution in [3.05, 3.63) is 47.2 Å². The van der Waals surface area contributed by atoms with Crippen LogP contribution in [0.15, 0.2) is 40.8 Å². The number of aliphatic hydroxyl groups excluding tert-OH is 1. The molecule has 0 atom stereocenters. The van der Waals surface area contributed by atoms with Crippen molar-refractivity contribution < 1.29 is 14.3 Å². The van der Waals surface area contributed by atoms with Crippen LogP contribution in [0.2, 0.25) is 5.02 Å². The van der Waals surface area contributed by atoms with Crippen LogP contribution in [0.1, 0.15) is 31.4 Å². The van der Waals surface area contributed by atoms with E-state index in [0.29, 0.717) is 30.2 Å². The van der Waals surface area contributed by atoms with Gasteiger partial charge < -0.3 is 14.8 Å². The van der Waals surface area contributed by atoms with Gasteiger partial charge in [0.25, 0.3) is 0 Å². The first-order valence-electron chi connectivity index (χ1n) is 7.92. The highest BCUT2D eigenvalue weighted by Crippen LogP contribution is 2.26. The van der Waals surface area contributed by atoms with E-state index in [9.17, 15) is 9.90 Å². The molecule has 1 aromatic carbocycles. The van der Waals surface area contributed by atoms with E-state index in [0.717, 1.165) is 24.2 Å². The van der Waals surface area contributed by atoms with E-state index >= 15 is 0 Å². The molecular formula is C18H20ClNO3. The van der Waals surface area contributed by atoms with Gasteiger partial charge in [-0.25, -0.2) is 0 Å². The number of furan rings is 1. The largest absolute Gasteiger partial charge is 0.459 e. The minimum absolute atomic E-state index is 0.000706. The molecule has 1 aliphatic carbocycles. The minimum Gasteiger partial charge on any atom is -0.459 e. The predicted octanol–water partition coefficient (Wildman–Crippen LogP) is 3.77. The van der Waals surface area contributed by atoms with Crippen LogP contribution in [0.5, 0.6) is 0 Å². The Bertz CT molecular complexity index is 674. The summed E-state index contributed by atoms with van der Waals surface area (Å²) in [5.41, 5.74) is 0.913. The maximum Gasteiger partial charge on any atom is 0.223 e. The van der Waals surface area contributed by atoms with Crippen LogP contribution in [0.25, 0.3) is 11.3 Å². The zero-order valence-corrected chi connectivity index (χ0v) is 13.6. The van der Waals surface area contributed by atoms with E-state index in [2.05, 4.69) is 5.32 Å². The Kier molecular flexibility index (Phi) is 5.03. The standard InChI is InChI=1S/C18H20ClNO3/c19-14-3-1-2-13(10-14)17-9-8-16(23-17)11-20-18(22)12-4-6-15(21)7-5-12/h1-3,8-10,12,15,21H,4-7,11H2,(H,20,22). The Morgan fingerprint density at radius 2 is 2.00 bits per heavy atom. The molecule has 0 saturated heterocycles. The Morgan fingerprint density at radius 1 is 1.22 bits per heavy atom. The summed E-state index contributed by atoms with van der Waals surface area (Å²) < 4.78 is 5.77. The second-order valence-corrected chi connectivity index (χ2v) is 6.44. The van der Waals surface area contributed by atoms with Gasteiger partial charge in [-0.05, 0) is 49.9 Å². The lowest BCUT2D eigenvalue weighted by Crippen LogP contribution is -2.33. The maximum atomic E-state index is 12.1. The predicted molar refractivity (Wildman–Crippen MR) is 89.0 cm³/mol. The smallest absolute Gasteiger partial charge is 0.223 e. The second kappa shape index (κ2) is 7.20. The molecule has 1 fully saturated rings. The fourth-order valence-electron chi connectivity index (χ4n) is 2.93. The molecule has 0 radical (unpaired) electrons. The molecule has 0 aliphatic heterocycles. The molecule has 5 heteroatoms. The molecule has 1 aromatic heterocycles. The summed E-state index contributed by atoms with van der Waals surface area (Å²) in [4.78, 5) is 12.1. The molecule has 23 heavy (non-hydrogen) atoms. The van der Waals surface area contributed by atoms with Crippen LogP contribution in [0.4, 0.5) is 0 Å². The molecule has 2 aromatic rings. The number of benzene rings is 1. The van der Waals surface area contributed by atoms with Gasteiger partial charge in [0.05, 0.1) is 12.6 Å². The summed E-state index contributed by atoms with van der Waals surface area (Å²) in [5.74, 6) is 1.49. The zero-order chi connectivity index (χ0) is 16.2. The van der Waals surface area contributed by atoms with Crippen molar-refractivity contribution in [3.8, 4) is 11.3 Å². The van der Waals surface area contributed by atoms with Gasteiger partial charge in [0, 0.05) is 16.5 Å². The Hall–Kier alpha value is -1.78. The van der Waals surface area contributed by atoms with E-state index in [1.54, 1.807) is 0 Å². The van der Waals surface area contributed by atoms with E-state index < -0.39 is 0 Å². The summed E-state index contributed by atoms with van der Waals surface area (Å²) in [6.07, 6.45) is 2.66. The summed E-state index contributed by atoms with van der Waals surface area (Å²) >= 11 is 5.98. The quantitative estimate of drug-likeness (QED) is 0.895. The fourth-order valence-corrected chi connectivity index (χ4v) is 3.12. The number of carbonyl (C=O) groups is 1. The average molecular weight is 334 g/mol. The molecule has 1 amide bonds. The molecule has 1 aliphatic rings. The highest BCUT2D eigenvalue weighted by molar-refractivity contribution is 6.30. The van der Waals surface area contributed by atoms with E-state index in [4.69, 9.17) is 16.0 Å². The number of aliphatic hydroxyl groups is 1. The molecule has 3 rings (SSSR count). The van der Waals surface area contributed by atoms with Gasteiger partial charge in [-0.2, -0.15) is 0 Å². The first kappa shape index (κ1) is 16.1. The van der Waals surface area contributed by atoms with Gasteiger partial charge in [-0.3, -0.25) is 4.79 Å². The van der Waals surface area contributed by atoms with E-state index in [-0.39, 0.29) is 17.9 Å². The van der Waals surface area contributed by atoms with Crippen LogP contribution >= 0.6 is 11.6 Å². The average Bonchev–Trinajstić information content (AvgIpc) is 3.02. The normalized spacial score (nSPS) is 21.1. The number of halogens is 1. The van der Waals surface area contributed by atoms with Gasteiger partial charge in [-0.15, -0.1) is 0 Å². The third-order valence-corrected chi connectivity index (χ3v) is 4.51. The first-order valence-corrected chi connectivity index (χ1v) is 8.30. The Balaban J connectivity index is 1.56. The van der Waals surface area contributed by atoms with Crippen LogP contribution in [-0.4, -0.2) is 17.1 Å². The van der Waals surface area contributed by atoms with Crippen molar-refractivity contribution in [3.63, 3.8) is 0 Å². The molecule has 0 spiro atoms. The summed E-state index contributed by atoms with van der Waals surface area (Å²) in [6, 6.07) is 11.2. The van der Waals surface area contributed by atoms with Gasteiger partial charge in [0.2, 0.25) is 5.91 Å². The highest BCUT2D eigenvalue weighted by Gasteiger charge is 2.25. The zero-order valence-electron chi connectivity index (χ0n) is 12.8. The van der Waals surface area contributed by atoms with E-state index in [1.807, 2.05) is 36.4 Å². The van der Waals surface area contributed by atoms with Crippen molar-refractivity contribution in [2.24, 2.45) is 5.92 Å². The van der Waals surface area contributed by atoms with Gasteiger partial charge in [0.15, 0.2) is 0 Å². The summed E-state index contributed by atoms with van der Waals surface area (Å²) in [5, 5.41) is 13.1. The van der Waals surface area contributed by atoms with Crippen molar-refractivity contribution in [1.82, 2.24) is 5.32 Å². The lowest BCUT2D eigenvalue weighted by molar-refractivity contribution is -0.126. The monoisotopic (exact) mass is 333 g/mol. The number of hydrogen-bond acceptors (Lipinski definition) is 3. The summed E-state index contributed by atoms with van der Waals surface area (Å²) in [7, 11) is 0. The number of amides is 1. The molecule has 2 N–H and O–H groups in total. The number of carbonyl (C=O) groups excluding carboxylic acids is 1. The van der Waals surface area contributed by atoms with Crippen LogP contribution in [0, 0.1) is 5.92 Å². The van der Waals surface area contributed by atoms with Crippen molar-refractivity contribution in [1.29, 1.82) is 0 Å². The molecule has 122 valence electrons. The molecule has 1 heterocycles. The van der Waals surface area contributed by atoms with Crippen LogP contribution < -0.4 is 5.32 Å². The second-order valence-electron chi connectivity index (χ2n) is 6.00. The summed E-state index contributed by atoms with van der Waals surface area (Å²) in [6.45, 7) is 0.373. The van der Waals surface area contributed by atoms with E-state index in [1.165, 1.54) is 0 Å². The van der Waals surface area contributed by atoms with Crippen molar-refractivity contribution in [2.45, 2.75) is 38.3 Å².